The summed E-state index contributed by atoms with van der Waals surface area (Å²) in [7, 11) is 0. The zero-order chi connectivity index (χ0) is 18.1. The standard InChI is InChI=1S/C22H33FO2/c1-2-3-4-5-6-7-17-8-10-18(11-9-17)12-13-19-14-15-20(22(24)25)21(23)16-19/h14-18H,2-13H2,1H3,(H,24,25)/t17-,18-. The Hall–Kier alpha value is -1.38. The molecular weight excluding hydrogens is 315 g/mol. The Bertz CT molecular complexity index is 533. The van der Waals surface area contributed by atoms with Crippen molar-refractivity contribution in [2.45, 2.75) is 84.0 Å². The predicted octanol–water partition coefficient (Wildman–Crippen LogP) is 6.62. The van der Waals surface area contributed by atoms with Gasteiger partial charge in [0.1, 0.15) is 5.82 Å². The number of benzene rings is 1. The quantitative estimate of drug-likeness (QED) is 0.482. The maximum Gasteiger partial charge on any atom is 0.338 e. The molecule has 25 heavy (non-hydrogen) atoms. The van der Waals surface area contributed by atoms with Crippen LogP contribution in [-0.2, 0) is 6.42 Å². The van der Waals surface area contributed by atoms with Crippen LogP contribution in [0.25, 0.3) is 0 Å². The number of carbonyl (C=O) groups is 1. The molecule has 0 heterocycles. The molecule has 1 fully saturated rings. The maximum absolute atomic E-state index is 13.7. The van der Waals surface area contributed by atoms with Crippen molar-refractivity contribution in [1.82, 2.24) is 0 Å². The summed E-state index contributed by atoms with van der Waals surface area (Å²) in [6.07, 6.45) is 15.5. The largest absolute Gasteiger partial charge is 0.478 e. The number of carboxylic acids is 1. The van der Waals surface area contributed by atoms with Crippen LogP contribution in [0.5, 0.6) is 0 Å². The summed E-state index contributed by atoms with van der Waals surface area (Å²) in [4.78, 5) is 10.9. The van der Waals surface area contributed by atoms with Gasteiger partial charge in [-0.15, -0.1) is 0 Å². The third-order valence-corrected chi connectivity index (χ3v) is 5.79. The van der Waals surface area contributed by atoms with Gasteiger partial charge in [0.15, 0.2) is 0 Å². The van der Waals surface area contributed by atoms with Crippen LogP contribution in [0, 0.1) is 17.7 Å². The molecule has 3 heteroatoms. The SMILES string of the molecule is CCCCCCC[C@H]1CC[C@H](CCc2ccc(C(=O)O)c(F)c2)CC1. The normalized spacial score (nSPS) is 20.6. The molecule has 1 aromatic rings. The molecular formula is C22H33FO2. The van der Waals surface area contributed by atoms with E-state index in [4.69, 9.17) is 5.11 Å². The van der Waals surface area contributed by atoms with Gasteiger partial charge in [-0.2, -0.15) is 0 Å². The number of halogens is 1. The van der Waals surface area contributed by atoms with Crippen LogP contribution in [0.4, 0.5) is 4.39 Å². The number of unbranched alkanes of at least 4 members (excludes halogenated alkanes) is 4. The van der Waals surface area contributed by atoms with Gasteiger partial charge < -0.3 is 5.11 Å². The molecule has 0 aromatic heterocycles. The lowest BCUT2D eigenvalue weighted by atomic mass is 9.77. The molecule has 0 aliphatic heterocycles. The molecule has 0 radical (unpaired) electrons. The molecule has 0 unspecified atom stereocenters. The van der Waals surface area contributed by atoms with E-state index in [1.54, 1.807) is 6.07 Å². The predicted molar refractivity (Wildman–Crippen MR) is 101 cm³/mol. The van der Waals surface area contributed by atoms with E-state index < -0.39 is 11.8 Å². The average Bonchev–Trinajstić information content (AvgIpc) is 2.60. The maximum atomic E-state index is 13.7. The summed E-state index contributed by atoms with van der Waals surface area (Å²) in [5.41, 5.74) is 0.684. The van der Waals surface area contributed by atoms with Crippen LogP contribution in [0.15, 0.2) is 18.2 Å². The van der Waals surface area contributed by atoms with Gasteiger partial charge in [0.25, 0.3) is 0 Å². The van der Waals surface area contributed by atoms with Gasteiger partial charge in [-0.05, 0) is 42.4 Å². The smallest absolute Gasteiger partial charge is 0.338 e. The second-order valence-corrected chi connectivity index (χ2v) is 7.75. The van der Waals surface area contributed by atoms with Gasteiger partial charge in [-0.3, -0.25) is 0 Å². The lowest BCUT2D eigenvalue weighted by Crippen LogP contribution is -2.15. The Balaban J connectivity index is 1.65. The molecule has 0 atom stereocenters. The van der Waals surface area contributed by atoms with Crippen LogP contribution in [0.1, 0.15) is 93.5 Å². The van der Waals surface area contributed by atoms with E-state index in [2.05, 4.69) is 6.92 Å². The summed E-state index contributed by atoms with van der Waals surface area (Å²) in [5.74, 6) is -0.141. The Morgan fingerprint density at radius 1 is 1.04 bits per heavy atom. The number of aryl methyl sites for hydroxylation is 1. The van der Waals surface area contributed by atoms with Crippen molar-refractivity contribution in [3.63, 3.8) is 0 Å². The van der Waals surface area contributed by atoms with Crippen molar-refractivity contribution >= 4 is 5.97 Å². The molecule has 2 nitrogen and oxygen atoms in total. The topological polar surface area (TPSA) is 37.3 Å². The van der Waals surface area contributed by atoms with Crippen LogP contribution in [0.2, 0.25) is 0 Å². The molecule has 0 spiro atoms. The molecule has 1 aromatic carbocycles. The second kappa shape index (κ2) is 10.6. The highest BCUT2D eigenvalue weighted by molar-refractivity contribution is 5.87. The minimum atomic E-state index is -1.20. The molecule has 1 aliphatic rings. The van der Waals surface area contributed by atoms with Crippen LogP contribution in [-0.4, -0.2) is 11.1 Å². The van der Waals surface area contributed by atoms with E-state index in [0.29, 0.717) is 0 Å². The Labute approximate surface area is 151 Å². The third-order valence-electron chi connectivity index (χ3n) is 5.79. The van der Waals surface area contributed by atoms with E-state index in [1.165, 1.54) is 76.3 Å². The molecule has 1 aliphatic carbocycles. The number of hydrogen-bond donors (Lipinski definition) is 1. The molecule has 0 amide bonds. The highest BCUT2D eigenvalue weighted by atomic mass is 19.1. The Morgan fingerprint density at radius 2 is 1.68 bits per heavy atom. The monoisotopic (exact) mass is 348 g/mol. The van der Waals surface area contributed by atoms with Crippen LogP contribution < -0.4 is 0 Å². The van der Waals surface area contributed by atoms with Crippen molar-refractivity contribution in [2.75, 3.05) is 0 Å². The van der Waals surface area contributed by atoms with E-state index in [9.17, 15) is 9.18 Å². The van der Waals surface area contributed by atoms with Crippen molar-refractivity contribution in [3.05, 3.63) is 35.1 Å². The first-order chi connectivity index (χ1) is 12.1. The zero-order valence-electron chi connectivity index (χ0n) is 15.6. The Morgan fingerprint density at radius 3 is 2.28 bits per heavy atom. The van der Waals surface area contributed by atoms with Gasteiger partial charge in [-0.25, -0.2) is 9.18 Å². The summed E-state index contributed by atoms with van der Waals surface area (Å²) in [6, 6.07) is 4.54. The average molecular weight is 349 g/mol. The third kappa shape index (κ3) is 6.80. The molecule has 1 N–H and O–H groups in total. The van der Waals surface area contributed by atoms with E-state index in [-0.39, 0.29) is 5.56 Å². The minimum absolute atomic E-state index is 0.233. The van der Waals surface area contributed by atoms with E-state index >= 15 is 0 Å². The van der Waals surface area contributed by atoms with E-state index in [1.807, 2.05) is 0 Å². The lowest BCUT2D eigenvalue weighted by molar-refractivity contribution is 0.0692. The first-order valence-corrected chi connectivity index (χ1v) is 10.1. The fourth-order valence-electron chi connectivity index (χ4n) is 4.10. The van der Waals surface area contributed by atoms with Crippen LogP contribution >= 0.6 is 0 Å². The summed E-state index contributed by atoms with van der Waals surface area (Å²) in [6.45, 7) is 2.26. The van der Waals surface area contributed by atoms with E-state index in [0.717, 1.165) is 30.2 Å². The number of hydrogen-bond acceptors (Lipinski definition) is 1. The van der Waals surface area contributed by atoms with Gasteiger partial charge in [-0.1, -0.05) is 77.2 Å². The van der Waals surface area contributed by atoms with Crippen molar-refractivity contribution in [2.24, 2.45) is 11.8 Å². The van der Waals surface area contributed by atoms with Crippen molar-refractivity contribution < 1.29 is 14.3 Å². The number of aromatic carboxylic acids is 1. The Kier molecular flexibility index (Phi) is 8.43. The number of carboxylic acid groups (broad SMARTS) is 1. The zero-order valence-corrected chi connectivity index (χ0v) is 15.6. The fourth-order valence-corrected chi connectivity index (χ4v) is 4.10. The van der Waals surface area contributed by atoms with Crippen molar-refractivity contribution in [1.29, 1.82) is 0 Å². The lowest BCUT2D eigenvalue weighted by Gasteiger charge is -2.28. The molecule has 0 bridgehead atoms. The highest BCUT2D eigenvalue weighted by Crippen LogP contribution is 2.34. The second-order valence-electron chi connectivity index (χ2n) is 7.75. The van der Waals surface area contributed by atoms with Gasteiger partial charge in [0.05, 0.1) is 5.56 Å². The fraction of sp³-hybridized carbons (Fsp3) is 0.682. The van der Waals surface area contributed by atoms with Gasteiger partial charge >= 0.3 is 5.97 Å². The number of rotatable bonds is 10. The molecule has 0 saturated heterocycles. The molecule has 2 rings (SSSR count). The highest BCUT2D eigenvalue weighted by Gasteiger charge is 2.21. The van der Waals surface area contributed by atoms with Crippen molar-refractivity contribution in [3.8, 4) is 0 Å². The molecule has 1 saturated carbocycles. The first-order valence-electron chi connectivity index (χ1n) is 10.1. The first kappa shape index (κ1) is 19.9. The van der Waals surface area contributed by atoms with Gasteiger partial charge in [0.2, 0.25) is 0 Å². The van der Waals surface area contributed by atoms with Gasteiger partial charge in [0, 0.05) is 0 Å². The summed E-state index contributed by atoms with van der Waals surface area (Å²) < 4.78 is 13.7. The molecule has 140 valence electrons. The van der Waals surface area contributed by atoms with Crippen LogP contribution in [0.3, 0.4) is 0 Å². The minimum Gasteiger partial charge on any atom is -0.478 e. The summed E-state index contributed by atoms with van der Waals surface area (Å²) >= 11 is 0. The summed E-state index contributed by atoms with van der Waals surface area (Å²) in [5, 5.41) is 8.88.